The predicted molar refractivity (Wildman–Crippen MR) is 79.8 cm³/mol. The third kappa shape index (κ3) is 2.65. The molecule has 0 aliphatic carbocycles. The van der Waals surface area contributed by atoms with Gasteiger partial charge in [-0.15, -0.1) is 0 Å². The molecule has 4 heteroatoms. The van der Waals surface area contributed by atoms with Gasteiger partial charge in [-0.25, -0.2) is 0 Å². The highest BCUT2D eigenvalue weighted by Crippen LogP contribution is 2.35. The summed E-state index contributed by atoms with van der Waals surface area (Å²) >= 11 is 0. The summed E-state index contributed by atoms with van der Waals surface area (Å²) in [7, 11) is 5.46. The second-order valence-electron chi connectivity index (χ2n) is 5.21. The quantitative estimate of drug-likeness (QED) is 0.789. The van der Waals surface area contributed by atoms with E-state index in [1.165, 1.54) is 7.11 Å². The molecule has 1 atom stereocenters. The van der Waals surface area contributed by atoms with E-state index >= 15 is 0 Å². The lowest BCUT2D eigenvalue weighted by Gasteiger charge is -2.30. The van der Waals surface area contributed by atoms with Crippen molar-refractivity contribution in [2.24, 2.45) is 4.99 Å². The molecule has 1 unspecified atom stereocenters. The van der Waals surface area contributed by atoms with Crippen LogP contribution in [-0.4, -0.2) is 38.3 Å². The Morgan fingerprint density at radius 1 is 1.40 bits per heavy atom. The Morgan fingerprint density at radius 2 is 2.15 bits per heavy atom. The van der Waals surface area contributed by atoms with E-state index < -0.39 is 5.41 Å². The van der Waals surface area contributed by atoms with Crippen LogP contribution < -0.4 is 0 Å². The Balaban J connectivity index is 2.52. The number of hydrogen-bond donors (Lipinski definition) is 0. The van der Waals surface area contributed by atoms with Crippen LogP contribution in [0, 0.1) is 0 Å². The Bertz CT molecular complexity index is 549. The molecular formula is C16H20N2O2. The first kappa shape index (κ1) is 14.5. The molecule has 0 N–H and O–H groups in total. The van der Waals surface area contributed by atoms with E-state index in [1.54, 1.807) is 12.4 Å². The summed E-state index contributed by atoms with van der Waals surface area (Å²) in [5.74, 6) is -0.244. The van der Waals surface area contributed by atoms with Crippen molar-refractivity contribution < 1.29 is 9.53 Å². The normalized spacial score (nSPS) is 21.2. The topological polar surface area (TPSA) is 41.9 Å². The molecule has 1 aliphatic heterocycles. The molecule has 0 amide bonds. The molecule has 1 aromatic carbocycles. The minimum atomic E-state index is -0.761. The van der Waals surface area contributed by atoms with Gasteiger partial charge in [0.05, 0.1) is 7.11 Å². The number of benzene rings is 1. The van der Waals surface area contributed by atoms with E-state index in [2.05, 4.69) is 16.0 Å². The first-order valence-electron chi connectivity index (χ1n) is 6.61. The summed E-state index contributed by atoms with van der Waals surface area (Å²) in [6, 6.07) is 8.01. The molecule has 0 spiro atoms. The van der Waals surface area contributed by atoms with Crippen molar-refractivity contribution in [2.75, 3.05) is 21.2 Å². The number of ether oxygens (including phenoxy) is 1. The van der Waals surface area contributed by atoms with Crippen LogP contribution in [0.2, 0.25) is 0 Å². The van der Waals surface area contributed by atoms with Gasteiger partial charge in [0, 0.05) is 25.4 Å². The van der Waals surface area contributed by atoms with Crippen LogP contribution in [0.4, 0.5) is 0 Å². The van der Waals surface area contributed by atoms with Gasteiger partial charge < -0.3 is 9.64 Å². The summed E-state index contributed by atoms with van der Waals surface area (Å²) in [6.07, 6.45) is 5.81. The van der Waals surface area contributed by atoms with Crippen molar-refractivity contribution in [3.05, 3.63) is 47.7 Å². The summed E-state index contributed by atoms with van der Waals surface area (Å²) in [6.45, 7) is 0.778. The average molecular weight is 272 g/mol. The Hall–Kier alpha value is -1.94. The monoisotopic (exact) mass is 272 g/mol. The van der Waals surface area contributed by atoms with E-state index in [0.29, 0.717) is 6.42 Å². The van der Waals surface area contributed by atoms with Gasteiger partial charge in [-0.2, -0.15) is 0 Å². The minimum absolute atomic E-state index is 0.244. The standard InChI is InChI=1S/C16H20N2O2/c1-18(2)12-13-6-4-5-7-14(13)16(15(19)20-3)8-10-17-11-9-16/h4-8,10-11H,9,12H2,1-3H3. The van der Waals surface area contributed by atoms with Crippen LogP contribution in [0.5, 0.6) is 0 Å². The van der Waals surface area contributed by atoms with Gasteiger partial charge in [0.15, 0.2) is 0 Å². The predicted octanol–water partition coefficient (Wildman–Crippen LogP) is 2.15. The van der Waals surface area contributed by atoms with Crippen LogP contribution in [-0.2, 0) is 21.5 Å². The van der Waals surface area contributed by atoms with Crippen molar-refractivity contribution in [1.29, 1.82) is 0 Å². The number of aliphatic imine (C=N–C) groups is 1. The smallest absolute Gasteiger partial charge is 0.320 e. The molecule has 1 aromatic rings. The molecule has 0 saturated carbocycles. The summed E-state index contributed by atoms with van der Waals surface area (Å²) < 4.78 is 5.04. The lowest BCUT2D eigenvalue weighted by atomic mass is 9.75. The zero-order chi connectivity index (χ0) is 14.6. The molecule has 106 valence electrons. The number of esters is 1. The number of carbonyl (C=O) groups is 1. The highest BCUT2D eigenvalue weighted by molar-refractivity contribution is 5.90. The van der Waals surface area contributed by atoms with Gasteiger partial charge in [-0.05, 0) is 31.3 Å². The van der Waals surface area contributed by atoms with E-state index in [-0.39, 0.29) is 5.97 Å². The van der Waals surface area contributed by atoms with Gasteiger partial charge in [0.1, 0.15) is 5.41 Å². The Morgan fingerprint density at radius 3 is 2.75 bits per heavy atom. The number of hydrogen-bond acceptors (Lipinski definition) is 4. The highest BCUT2D eigenvalue weighted by Gasteiger charge is 2.40. The summed E-state index contributed by atoms with van der Waals surface area (Å²) in [4.78, 5) is 18.5. The Labute approximate surface area is 119 Å². The fourth-order valence-electron chi connectivity index (χ4n) is 2.57. The maximum absolute atomic E-state index is 12.4. The molecule has 1 heterocycles. The maximum atomic E-state index is 12.4. The molecule has 0 aromatic heterocycles. The van der Waals surface area contributed by atoms with E-state index in [1.807, 2.05) is 38.4 Å². The molecular weight excluding hydrogens is 252 g/mol. The SMILES string of the molecule is COC(=O)C1(c2ccccc2CN(C)C)C=CN=CC1. The Kier molecular flexibility index (Phi) is 4.35. The van der Waals surface area contributed by atoms with Crippen molar-refractivity contribution >= 4 is 12.2 Å². The van der Waals surface area contributed by atoms with Crippen molar-refractivity contribution in [3.8, 4) is 0 Å². The largest absolute Gasteiger partial charge is 0.468 e. The zero-order valence-electron chi connectivity index (χ0n) is 12.2. The molecule has 1 aliphatic rings. The third-order valence-corrected chi connectivity index (χ3v) is 3.50. The minimum Gasteiger partial charge on any atom is -0.468 e. The van der Waals surface area contributed by atoms with Crippen molar-refractivity contribution in [1.82, 2.24) is 4.90 Å². The zero-order valence-corrected chi connectivity index (χ0v) is 12.2. The van der Waals surface area contributed by atoms with Gasteiger partial charge in [-0.3, -0.25) is 9.79 Å². The van der Waals surface area contributed by atoms with Crippen LogP contribution in [0.1, 0.15) is 17.5 Å². The second-order valence-corrected chi connectivity index (χ2v) is 5.21. The van der Waals surface area contributed by atoms with E-state index in [9.17, 15) is 4.79 Å². The average Bonchev–Trinajstić information content (AvgIpc) is 2.47. The first-order valence-corrected chi connectivity index (χ1v) is 6.61. The number of rotatable bonds is 4. The van der Waals surface area contributed by atoms with Crippen LogP contribution in [0.25, 0.3) is 0 Å². The number of methoxy groups -OCH3 is 1. The fourth-order valence-corrected chi connectivity index (χ4v) is 2.57. The molecule has 20 heavy (non-hydrogen) atoms. The molecule has 2 rings (SSSR count). The van der Waals surface area contributed by atoms with Crippen molar-refractivity contribution in [2.45, 2.75) is 18.4 Å². The van der Waals surface area contributed by atoms with Gasteiger partial charge in [0.2, 0.25) is 0 Å². The van der Waals surface area contributed by atoms with Crippen molar-refractivity contribution in [3.63, 3.8) is 0 Å². The lowest BCUT2D eigenvalue weighted by molar-refractivity contribution is -0.145. The number of nitrogens with zero attached hydrogens (tertiary/aromatic N) is 2. The van der Waals surface area contributed by atoms with E-state index in [4.69, 9.17) is 4.74 Å². The first-order chi connectivity index (χ1) is 9.60. The fraction of sp³-hybridized carbons (Fsp3) is 0.375. The second kappa shape index (κ2) is 6.01. The highest BCUT2D eigenvalue weighted by atomic mass is 16.5. The van der Waals surface area contributed by atoms with Crippen LogP contribution in [0.3, 0.4) is 0 Å². The molecule has 4 nitrogen and oxygen atoms in total. The summed E-state index contributed by atoms with van der Waals surface area (Å²) in [5, 5.41) is 0. The van der Waals surface area contributed by atoms with Gasteiger partial charge in [-0.1, -0.05) is 24.3 Å². The van der Waals surface area contributed by atoms with E-state index in [0.717, 1.165) is 17.7 Å². The third-order valence-electron chi connectivity index (χ3n) is 3.50. The van der Waals surface area contributed by atoms with Crippen LogP contribution in [0.15, 0.2) is 41.5 Å². The molecule has 0 saturated heterocycles. The molecule has 0 fully saturated rings. The van der Waals surface area contributed by atoms with Gasteiger partial charge in [0.25, 0.3) is 0 Å². The molecule has 0 bridgehead atoms. The number of carbonyl (C=O) groups excluding carboxylic acids is 1. The lowest BCUT2D eigenvalue weighted by Crippen LogP contribution is -2.37. The van der Waals surface area contributed by atoms with Gasteiger partial charge >= 0.3 is 5.97 Å². The van der Waals surface area contributed by atoms with Crippen LogP contribution >= 0.6 is 0 Å². The maximum Gasteiger partial charge on any atom is 0.320 e. The summed E-state index contributed by atoms with van der Waals surface area (Å²) in [5.41, 5.74) is 1.36. The molecule has 0 radical (unpaired) electrons.